The minimum Gasteiger partial charge on any atom is -0.395 e. The highest BCUT2D eigenvalue weighted by atomic mass is 16.5. The molecule has 0 radical (unpaired) electrons. The lowest BCUT2D eigenvalue weighted by Gasteiger charge is -2.35. The molecule has 2 rings (SSSR count). The molecule has 0 aliphatic carbocycles. The molecule has 2 atom stereocenters. The zero-order valence-corrected chi connectivity index (χ0v) is 12.0. The third-order valence-corrected chi connectivity index (χ3v) is 4.49. The Morgan fingerprint density at radius 3 is 2.68 bits per heavy atom. The highest BCUT2D eigenvalue weighted by molar-refractivity contribution is 5.79. The Balaban J connectivity index is 1.94. The monoisotopic (exact) mass is 270 g/mol. The van der Waals surface area contributed by atoms with Crippen LogP contribution in [-0.4, -0.2) is 73.9 Å². The Bertz CT molecular complexity index is 303. The summed E-state index contributed by atoms with van der Waals surface area (Å²) in [6.45, 7) is 3.32. The first-order valence-electron chi connectivity index (χ1n) is 7.29. The number of carbonyl (C=O) groups excluding carboxylic acids is 1. The summed E-state index contributed by atoms with van der Waals surface area (Å²) in [5.41, 5.74) is 0. The maximum Gasteiger partial charge on any atom is 0.228 e. The molecule has 0 aromatic heterocycles. The van der Waals surface area contributed by atoms with Gasteiger partial charge in [-0.15, -0.1) is 0 Å². The van der Waals surface area contributed by atoms with Gasteiger partial charge in [0.15, 0.2) is 0 Å². The number of rotatable bonds is 4. The van der Waals surface area contributed by atoms with Gasteiger partial charge in [0.2, 0.25) is 5.91 Å². The second-order valence-corrected chi connectivity index (χ2v) is 5.85. The minimum absolute atomic E-state index is 0.00930. The van der Waals surface area contributed by atoms with Crippen molar-refractivity contribution in [2.24, 2.45) is 11.8 Å². The molecule has 0 aromatic carbocycles. The van der Waals surface area contributed by atoms with Crippen molar-refractivity contribution in [3.05, 3.63) is 0 Å². The molecule has 0 unspecified atom stereocenters. The summed E-state index contributed by atoms with van der Waals surface area (Å²) in [6, 6.07) is 0. The van der Waals surface area contributed by atoms with Crippen LogP contribution < -0.4 is 0 Å². The first-order chi connectivity index (χ1) is 9.13. The number of aliphatic hydroxyl groups is 1. The summed E-state index contributed by atoms with van der Waals surface area (Å²) in [6.07, 6.45) is 3.15. The number of amides is 1. The third-order valence-electron chi connectivity index (χ3n) is 4.49. The van der Waals surface area contributed by atoms with Gasteiger partial charge in [-0.1, -0.05) is 0 Å². The van der Waals surface area contributed by atoms with E-state index in [2.05, 4.69) is 11.9 Å². The number of nitrogens with zero attached hydrogens (tertiary/aromatic N) is 2. The van der Waals surface area contributed by atoms with Crippen molar-refractivity contribution in [2.75, 3.05) is 46.9 Å². The molecule has 2 aliphatic rings. The van der Waals surface area contributed by atoms with E-state index in [9.17, 15) is 4.79 Å². The van der Waals surface area contributed by atoms with Crippen LogP contribution in [0.1, 0.15) is 19.3 Å². The Labute approximate surface area is 115 Å². The topological polar surface area (TPSA) is 53.0 Å². The molecule has 2 fully saturated rings. The van der Waals surface area contributed by atoms with Gasteiger partial charge in [0.05, 0.1) is 18.6 Å². The number of aliphatic hydroxyl groups excluding tert-OH is 1. The molecule has 0 aromatic rings. The van der Waals surface area contributed by atoms with Crippen molar-refractivity contribution < 1.29 is 14.6 Å². The lowest BCUT2D eigenvalue weighted by molar-refractivity contribution is -0.137. The SMILES string of the molecule is CN1CCC([C@H]2OCC[C@@H]2C(=O)N(C)CCO)CC1. The summed E-state index contributed by atoms with van der Waals surface area (Å²) in [4.78, 5) is 16.4. The van der Waals surface area contributed by atoms with Crippen LogP contribution in [0.25, 0.3) is 0 Å². The van der Waals surface area contributed by atoms with Gasteiger partial charge in [-0.3, -0.25) is 4.79 Å². The van der Waals surface area contributed by atoms with Crippen LogP contribution in [0, 0.1) is 11.8 Å². The van der Waals surface area contributed by atoms with Gasteiger partial charge in [-0.25, -0.2) is 0 Å². The van der Waals surface area contributed by atoms with Gasteiger partial charge in [0, 0.05) is 20.2 Å². The third kappa shape index (κ3) is 3.46. The summed E-state index contributed by atoms with van der Waals surface area (Å²) >= 11 is 0. The van der Waals surface area contributed by atoms with Crippen LogP contribution in [0.5, 0.6) is 0 Å². The van der Waals surface area contributed by atoms with Gasteiger partial charge < -0.3 is 19.6 Å². The average Bonchev–Trinajstić information content (AvgIpc) is 2.88. The van der Waals surface area contributed by atoms with Crippen molar-refractivity contribution in [3.63, 3.8) is 0 Å². The number of hydrogen-bond acceptors (Lipinski definition) is 4. The quantitative estimate of drug-likeness (QED) is 0.792. The first kappa shape index (κ1) is 14.8. The van der Waals surface area contributed by atoms with E-state index >= 15 is 0 Å². The maximum atomic E-state index is 12.4. The molecule has 110 valence electrons. The van der Waals surface area contributed by atoms with Crippen molar-refractivity contribution in [3.8, 4) is 0 Å². The van der Waals surface area contributed by atoms with Crippen LogP contribution in [0.3, 0.4) is 0 Å². The Morgan fingerprint density at radius 1 is 1.37 bits per heavy atom. The van der Waals surface area contributed by atoms with E-state index in [0.29, 0.717) is 19.1 Å². The van der Waals surface area contributed by atoms with Crippen LogP contribution in [-0.2, 0) is 9.53 Å². The molecule has 2 heterocycles. The molecule has 0 bridgehead atoms. The predicted molar refractivity (Wildman–Crippen MR) is 72.8 cm³/mol. The molecule has 2 saturated heterocycles. The van der Waals surface area contributed by atoms with E-state index in [4.69, 9.17) is 9.84 Å². The second-order valence-electron chi connectivity index (χ2n) is 5.85. The Hall–Kier alpha value is -0.650. The zero-order chi connectivity index (χ0) is 13.8. The van der Waals surface area contributed by atoms with Crippen LogP contribution >= 0.6 is 0 Å². The zero-order valence-electron chi connectivity index (χ0n) is 12.0. The van der Waals surface area contributed by atoms with E-state index in [0.717, 1.165) is 32.4 Å². The van der Waals surface area contributed by atoms with Crippen LogP contribution in [0.2, 0.25) is 0 Å². The van der Waals surface area contributed by atoms with E-state index in [-0.39, 0.29) is 24.5 Å². The van der Waals surface area contributed by atoms with Gasteiger partial charge >= 0.3 is 0 Å². The molecular formula is C14H26N2O3. The fraction of sp³-hybridized carbons (Fsp3) is 0.929. The average molecular weight is 270 g/mol. The van der Waals surface area contributed by atoms with Crippen molar-refractivity contribution in [2.45, 2.75) is 25.4 Å². The normalized spacial score (nSPS) is 29.6. The second kappa shape index (κ2) is 6.68. The van der Waals surface area contributed by atoms with E-state index in [1.807, 2.05) is 0 Å². The number of likely N-dealkylation sites (N-methyl/N-ethyl adjacent to an activating group) is 1. The molecule has 1 N–H and O–H groups in total. The molecule has 1 amide bonds. The number of likely N-dealkylation sites (tertiary alicyclic amines) is 1. The molecule has 0 saturated carbocycles. The minimum atomic E-state index is -0.00930. The fourth-order valence-corrected chi connectivity index (χ4v) is 3.24. The van der Waals surface area contributed by atoms with E-state index < -0.39 is 0 Å². The predicted octanol–water partition coefficient (Wildman–Crippen LogP) is 0.184. The van der Waals surface area contributed by atoms with Crippen LogP contribution in [0.15, 0.2) is 0 Å². The van der Waals surface area contributed by atoms with Crippen LogP contribution in [0.4, 0.5) is 0 Å². The van der Waals surface area contributed by atoms with Gasteiger partial charge in [-0.2, -0.15) is 0 Å². The van der Waals surface area contributed by atoms with E-state index in [1.54, 1.807) is 11.9 Å². The summed E-state index contributed by atoms with van der Waals surface area (Å²) in [5.74, 6) is 0.635. The van der Waals surface area contributed by atoms with Gasteiger partial charge in [0.1, 0.15) is 0 Å². The fourth-order valence-electron chi connectivity index (χ4n) is 3.24. The van der Waals surface area contributed by atoms with Gasteiger partial charge in [-0.05, 0) is 45.3 Å². The summed E-state index contributed by atoms with van der Waals surface area (Å²) in [7, 11) is 3.91. The summed E-state index contributed by atoms with van der Waals surface area (Å²) < 4.78 is 5.86. The highest BCUT2D eigenvalue weighted by Crippen LogP contribution is 2.33. The summed E-state index contributed by atoms with van der Waals surface area (Å²) in [5, 5.41) is 8.94. The smallest absolute Gasteiger partial charge is 0.228 e. The standard InChI is InChI=1S/C14H26N2O3/c1-15-6-3-11(4-7-15)13-12(5-10-19-13)14(18)16(2)8-9-17/h11-13,17H,3-10H2,1-2H3/t12-,13+/m0/s1. The molecule has 2 aliphatic heterocycles. The number of piperidine rings is 1. The number of carbonyl (C=O) groups is 1. The lowest BCUT2D eigenvalue weighted by Crippen LogP contribution is -2.43. The molecule has 5 nitrogen and oxygen atoms in total. The van der Waals surface area contributed by atoms with Crippen molar-refractivity contribution >= 4 is 5.91 Å². The highest BCUT2D eigenvalue weighted by Gasteiger charge is 2.40. The van der Waals surface area contributed by atoms with Crippen molar-refractivity contribution in [1.29, 1.82) is 0 Å². The van der Waals surface area contributed by atoms with Crippen molar-refractivity contribution in [1.82, 2.24) is 9.80 Å². The molecular weight excluding hydrogens is 244 g/mol. The number of hydrogen-bond donors (Lipinski definition) is 1. The Morgan fingerprint density at radius 2 is 2.05 bits per heavy atom. The number of ether oxygens (including phenoxy) is 1. The lowest BCUT2D eigenvalue weighted by atomic mass is 9.83. The maximum absolute atomic E-state index is 12.4. The van der Waals surface area contributed by atoms with Gasteiger partial charge in [0.25, 0.3) is 0 Å². The molecule has 0 spiro atoms. The Kier molecular flexibility index (Phi) is 5.19. The first-order valence-corrected chi connectivity index (χ1v) is 7.29. The largest absolute Gasteiger partial charge is 0.395 e. The molecule has 19 heavy (non-hydrogen) atoms. The molecule has 5 heteroatoms. The van der Waals surface area contributed by atoms with E-state index in [1.165, 1.54) is 0 Å².